The van der Waals surface area contributed by atoms with E-state index in [0.717, 1.165) is 22.2 Å². The number of carbonyl (C=O) groups is 1. The smallest absolute Gasteiger partial charge is 0.349 e. The van der Waals surface area contributed by atoms with Crippen molar-refractivity contribution in [3.63, 3.8) is 0 Å². The second-order valence-electron chi connectivity index (χ2n) is 8.75. The number of H-pyrrole nitrogens is 1. The number of benzene rings is 2. The maximum Gasteiger partial charge on any atom is 0.349 e. The molecule has 2 heterocycles. The Labute approximate surface area is 201 Å². The lowest BCUT2D eigenvalue weighted by molar-refractivity contribution is -0.137. The van der Waals surface area contributed by atoms with Gasteiger partial charge in [0.2, 0.25) is 0 Å². The van der Waals surface area contributed by atoms with Crippen molar-refractivity contribution in [3.05, 3.63) is 73.9 Å². The van der Waals surface area contributed by atoms with Gasteiger partial charge in [0.05, 0.1) is 11.0 Å². The predicted octanol–water partition coefficient (Wildman–Crippen LogP) is 2.15. The molecule has 10 nitrogen and oxygen atoms in total. The van der Waals surface area contributed by atoms with Crippen LogP contribution >= 0.6 is 0 Å². The molecule has 0 unspecified atom stereocenters. The molecule has 35 heavy (non-hydrogen) atoms. The van der Waals surface area contributed by atoms with Gasteiger partial charge in [-0.3, -0.25) is 19.5 Å². The number of aliphatic carboxylic acids is 1. The molecule has 0 saturated carbocycles. The monoisotopic (exact) mass is 476 g/mol. The van der Waals surface area contributed by atoms with Crippen molar-refractivity contribution in [2.24, 2.45) is 0 Å². The van der Waals surface area contributed by atoms with E-state index in [9.17, 15) is 14.4 Å². The molecule has 0 amide bonds. The van der Waals surface area contributed by atoms with Crippen LogP contribution in [0.2, 0.25) is 0 Å². The summed E-state index contributed by atoms with van der Waals surface area (Å²) in [6, 6.07) is 11.5. The number of nitrogens with one attached hydrogen (secondary N) is 1. The fourth-order valence-electron chi connectivity index (χ4n) is 4.12. The minimum Gasteiger partial charge on any atom is -0.481 e. The van der Waals surface area contributed by atoms with E-state index in [1.807, 2.05) is 54.8 Å². The molecule has 0 radical (unpaired) electrons. The lowest BCUT2D eigenvalue weighted by Crippen LogP contribution is -2.32. The summed E-state index contributed by atoms with van der Waals surface area (Å²) in [5, 5.41) is 9.08. The molecule has 4 N–H and O–H groups in total. The van der Waals surface area contributed by atoms with Crippen molar-refractivity contribution in [3.8, 4) is 11.5 Å². The quantitative estimate of drug-likeness (QED) is 0.246. The summed E-state index contributed by atoms with van der Waals surface area (Å²) < 4.78 is 1.86. The zero-order valence-electron chi connectivity index (χ0n) is 19.7. The molecule has 2 aliphatic heterocycles. The lowest BCUT2D eigenvalue weighted by Gasteiger charge is -2.25. The number of nitrogen functional groups attached to an aromatic ring is 1. The van der Waals surface area contributed by atoms with E-state index in [1.54, 1.807) is 0 Å². The zero-order chi connectivity index (χ0) is 25.1. The molecule has 0 fully saturated rings. The Kier molecular flexibility index (Phi) is 6.92. The van der Waals surface area contributed by atoms with E-state index in [1.165, 1.54) is 0 Å². The van der Waals surface area contributed by atoms with Crippen LogP contribution in [0.25, 0.3) is 22.6 Å². The fourth-order valence-corrected chi connectivity index (χ4v) is 4.12. The second-order valence-corrected chi connectivity index (χ2v) is 8.75. The predicted molar refractivity (Wildman–Crippen MR) is 134 cm³/mol. The van der Waals surface area contributed by atoms with Crippen molar-refractivity contribution in [1.29, 1.82) is 0 Å². The number of nitrogens with zero attached hydrogens (tertiary/aromatic N) is 4. The zero-order valence-corrected chi connectivity index (χ0v) is 19.7. The van der Waals surface area contributed by atoms with Crippen LogP contribution in [0.4, 0.5) is 5.69 Å². The van der Waals surface area contributed by atoms with Crippen LogP contribution in [-0.4, -0.2) is 48.6 Å². The number of carboxylic acid groups (broad SMARTS) is 1. The van der Waals surface area contributed by atoms with Crippen LogP contribution in [0.15, 0.2) is 46.0 Å². The number of carboxylic acids is 1. The minimum atomic E-state index is -0.838. The van der Waals surface area contributed by atoms with Crippen LogP contribution in [0.5, 0.6) is 0 Å². The molecule has 10 heteroatoms. The Morgan fingerprint density at radius 1 is 1.09 bits per heavy atom. The first kappa shape index (κ1) is 24.1. The third-order valence-electron chi connectivity index (χ3n) is 6.12. The summed E-state index contributed by atoms with van der Waals surface area (Å²) in [5.74, 6) is -0.609. The SMILES string of the molecule is Cc1cc2nc3c(=O)[nH]c(=O)nc-3n(CCN(CCCC(=O)O)Cc3ccc(N)cc3)c2cc1C. The molecular formula is C25H28N6O4. The molecule has 2 aromatic rings. The summed E-state index contributed by atoms with van der Waals surface area (Å²) >= 11 is 0. The van der Waals surface area contributed by atoms with Crippen molar-refractivity contribution < 1.29 is 9.90 Å². The van der Waals surface area contributed by atoms with E-state index < -0.39 is 17.2 Å². The van der Waals surface area contributed by atoms with Gasteiger partial charge in [0, 0.05) is 31.7 Å². The Balaban J connectivity index is 1.71. The van der Waals surface area contributed by atoms with E-state index in [4.69, 9.17) is 10.8 Å². The first-order valence-corrected chi connectivity index (χ1v) is 11.4. The normalized spacial score (nSPS) is 11.5. The van der Waals surface area contributed by atoms with Gasteiger partial charge >= 0.3 is 11.7 Å². The topological polar surface area (TPSA) is 147 Å². The van der Waals surface area contributed by atoms with Crippen molar-refractivity contribution >= 4 is 22.7 Å². The van der Waals surface area contributed by atoms with E-state index in [2.05, 4.69) is 19.9 Å². The molecule has 4 rings (SSSR count). The number of rotatable bonds is 9. The van der Waals surface area contributed by atoms with Gasteiger partial charge in [0.1, 0.15) is 0 Å². The van der Waals surface area contributed by atoms with Crippen molar-refractivity contribution in [2.75, 3.05) is 18.8 Å². The number of aryl methyl sites for hydroxylation is 2. The van der Waals surface area contributed by atoms with Crippen LogP contribution in [0, 0.1) is 13.8 Å². The molecular weight excluding hydrogens is 448 g/mol. The second kappa shape index (κ2) is 10.1. The number of anilines is 1. The lowest BCUT2D eigenvalue weighted by atomic mass is 10.1. The number of nitrogens with two attached hydrogens (primary N) is 1. The minimum absolute atomic E-state index is 0.0709. The Morgan fingerprint density at radius 3 is 2.51 bits per heavy atom. The number of fused-ring (bicyclic) bond motifs is 2. The molecule has 0 saturated heterocycles. The Morgan fingerprint density at radius 2 is 1.80 bits per heavy atom. The van der Waals surface area contributed by atoms with Gasteiger partial charge in [0.25, 0.3) is 5.56 Å². The summed E-state index contributed by atoms with van der Waals surface area (Å²) in [4.78, 5) is 48.5. The van der Waals surface area contributed by atoms with Crippen LogP contribution in [0.3, 0.4) is 0 Å². The average molecular weight is 477 g/mol. The summed E-state index contributed by atoms with van der Waals surface area (Å²) in [7, 11) is 0. The van der Waals surface area contributed by atoms with Gasteiger partial charge in [-0.15, -0.1) is 0 Å². The average Bonchev–Trinajstić information content (AvgIpc) is 2.79. The number of aromatic amines is 1. The van der Waals surface area contributed by atoms with Crippen LogP contribution in [0.1, 0.15) is 29.5 Å². The highest BCUT2D eigenvalue weighted by molar-refractivity contribution is 5.81. The molecule has 0 aliphatic carbocycles. The summed E-state index contributed by atoms with van der Waals surface area (Å²) in [6.45, 7) is 6.10. The first-order chi connectivity index (χ1) is 16.7. The highest BCUT2D eigenvalue weighted by atomic mass is 16.4. The number of hydrogen-bond acceptors (Lipinski definition) is 7. The molecule has 0 spiro atoms. The van der Waals surface area contributed by atoms with Crippen molar-refractivity contribution in [2.45, 2.75) is 39.8 Å². The van der Waals surface area contributed by atoms with E-state index in [0.29, 0.717) is 43.8 Å². The van der Waals surface area contributed by atoms with Gasteiger partial charge in [-0.05, 0) is 67.8 Å². The third kappa shape index (κ3) is 5.55. The largest absolute Gasteiger partial charge is 0.481 e. The molecule has 0 aromatic heterocycles. The third-order valence-corrected chi connectivity index (χ3v) is 6.12. The number of hydrogen-bond donors (Lipinski definition) is 3. The van der Waals surface area contributed by atoms with Gasteiger partial charge in [-0.1, -0.05) is 12.1 Å². The highest BCUT2D eigenvalue weighted by Crippen LogP contribution is 2.24. The Hall–Kier alpha value is -4.05. The van der Waals surface area contributed by atoms with Gasteiger partial charge < -0.3 is 15.4 Å². The molecule has 0 atom stereocenters. The van der Waals surface area contributed by atoms with Gasteiger partial charge in [-0.2, -0.15) is 4.98 Å². The standard InChI is InChI=1S/C25H28N6O4/c1-15-12-19-20(13-16(15)2)31(23-22(27-19)24(34)29-25(35)28-23)11-10-30(9-3-4-21(32)33)14-17-5-7-18(26)8-6-17/h5-8,12-13H,3-4,9-11,14,26H2,1-2H3,(H,32,33)(H,29,34,35). The maximum absolute atomic E-state index is 12.5. The van der Waals surface area contributed by atoms with Gasteiger partial charge in [0.15, 0.2) is 11.5 Å². The number of aromatic nitrogens is 4. The van der Waals surface area contributed by atoms with Crippen LogP contribution in [-0.2, 0) is 17.9 Å². The molecule has 0 bridgehead atoms. The molecule has 182 valence electrons. The van der Waals surface area contributed by atoms with E-state index >= 15 is 0 Å². The fraction of sp³-hybridized carbons (Fsp3) is 0.320. The molecule has 2 aromatic carbocycles. The summed E-state index contributed by atoms with van der Waals surface area (Å²) in [5.41, 5.74) is 9.85. The highest BCUT2D eigenvalue weighted by Gasteiger charge is 2.20. The Bertz CT molecular complexity index is 1460. The molecule has 2 aliphatic rings. The summed E-state index contributed by atoms with van der Waals surface area (Å²) in [6.07, 6.45) is 0.565. The maximum atomic E-state index is 12.5. The van der Waals surface area contributed by atoms with Crippen molar-refractivity contribution in [1.82, 2.24) is 24.4 Å². The van der Waals surface area contributed by atoms with E-state index in [-0.39, 0.29) is 17.9 Å². The van der Waals surface area contributed by atoms with Crippen LogP contribution < -0.4 is 17.0 Å². The first-order valence-electron chi connectivity index (χ1n) is 11.4. The van der Waals surface area contributed by atoms with Gasteiger partial charge in [-0.25, -0.2) is 9.78 Å².